The van der Waals surface area contributed by atoms with E-state index in [0.29, 0.717) is 24.9 Å². The number of hydrogen-bond acceptors (Lipinski definition) is 8. The molecule has 0 bridgehead atoms. The van der Waals surface area contributed by atoms with E-state index in [1.165, 1.54) is 12.1 Å². The molecule has 0 saturated heterocycles. The van der Waals surface area contributed by atoms with Gasteiger partial charge in [0.05, 0.1) is 12.6 Å². The summed E-state index contributed by atoms with van der Waals surface area (Å²) in [5, 5.41) is 35.5. The van der Waals surface area contributed by atoms with Gasteiger partial charge in [0.2, 0.25) is 17.7 Å². The van der Waals surface area contributed by atoms with E-state index in [0.717, 1.165) is 0 Å². The van der Waals surface area contributed by atoms with Crippen LogP contribution in [0, 0.1) is 5.92 Å². The molecule has 0 aliphatic rings. The van der Waals surface area contributed by atoms with Gasteiger partial charge in [0, 0.05) is 0 Å². The number of hydrogen-bond donors (Lipinski definition) is 8. The van der Waals surface area contributed by atoms with Crippen LogP contribution in [0.4, 0.5) is 0 Å². The smallest absolute Gasteiger partial charge is 0.326 e. The Morgan fingerprint density at radius 3 is 2.00 bits per heavy atom. The molecule has 0 aromatic heterocycles. The van der Waals surface area contributed by atoms with Gasteiger partial charge in [0.1, 0.15) is 23.9 Å². The van der Waals surface area contributed by atoms with Crippen molar-refractivity contribution in [3.05, 3.63) is 29.8 Å². The van der Waals surface area contributed by atoms with Crippen molar-refractivity contribution < 1.29 is 34.5 Å². The maximum atomic E-state index is 12.9. The molecular formula is C23H37N5O7. The fourth-order valence-corrected chi connectivity index (χ4v) is 3.25. The number of aliphatic hydroxyl groups excluding tert-OH is 1. The maximum Gasteiger partial charge on any atom is 0.326 e. The molecule has 4 unspecified atom stereocenters. The summed E-state index contributed by atoms with van der Waals surface area (Å²) in [5.41, 5.74) is 12.2. The summed E-state index contributed by atoms with van der Waals surface area (Å²) in [6.07, 6.45) is 1.48. The Morgan fingerprint density at radius 1 is 0.914 bits per heavy atom. The second kappa shape index (κ2) is 14.9. The van der Waals surface area contributed by atoms with Crippen LogP contribution in [0.25, 0.3) is 0 Å². The Bertz CT molecular complexity index is 847. The monoisotopic (exact) mass is 495 g/mol. The van der Waals surface area contributed by atoms with E-state index in [1.54, 1.807) is 26.0 Å². The van der Waals surface area contributed by atoms with Crippen LogP contribution < -0.4 is 27.4 Å². The topological polar surface area (TPSA) is 217 Å². The molecular weight excluding hydrogens is 458 g/mol. The summed E-state index contributed by atoms with van der Waals surface area (Å²) in [5.74, 6) is -3.78. The number of carbonyl (C=O) groups is 4. The normalized spacial score (nSPS) is 14.5. The Labute approximate surface area is 204 Å². The van der Waals surface area contributed by atoms with E-state index in [9.17, 15) is 34.5 Å². The van der Waals surface area contributed by atoms with Crippen LogP contribution in [0.3, 0.4) is 0 Å². The molecule has 4 atom stereocenters. The number of carboxylic acids is 1. The lowest BCUT2D eigenvalue weighted by molar-refractivity contribution is -0.143. The van der Waals surface area contributed by atoms with Gasteiger partial charge >= 0.3 is 5.97 Å². The first-order valence-electron chi connectivity index (χ1n) is 11.5. The largest absolute Gasteiger partial charge is 0.508 e. The number of rotatable bonds is 15. The molecule has 10 N–H and O–H groups in total. The molecule has 0 radical (unpaired) electrons. The molecule has 35 heavy (non-hydrogen) atoms. The summed E-state index contributed by atoms with van der Waals surface area (Å²) < 4.78 is 0. The lowest BCUT2D eigenvalue weighted by Crippen LogP contribution is -2.58. The average Bonchev–Trinajstić information content (AvgIpc) is 2.80. The number of phenols is 1. The lowest BCUT2D eigenvalue weighted by atomic mass is 10.0. The number of aromatic hydroxyl groups is 1. The quantitative estimate of drug-likeness (QED) is 0.134. The number of nitrogens with two attached hydrogens (primary N) is 2. The van der Waals surface area contributed by atoms with Gasteiger partial charge in [-0.2, -0.15) is 0 Å². The minimum Gasteiger partial charge on any atom is -0.508 e. The zero-order valence-corrected chi connectivity index (χ0v) is 20.1. The zero-order valence-electron chi connectivity index (χ0n) is 20.1. The van der Waals surface area contributed by atoms with Crippen molar-refractivity contribution >= 4 is 23.7 Å². The molecule has 3 amide bonds. The molecule has 0 spiro atoms. The van der Waals surface area contributed by atoms with Crippen molar-refractivity contribution in [2.45, 2.75) is 63.7 Å². The molecule has 1 rings (SSSR count). The third-order valence-corrected chi connectivity index (χ3v) is 5.35. The maximum absolute atomic E-state index is 12.9. The summed E-state index contributed by atoms with van der Waals surface area (Å²) in [7, 11) is 0. The molecule has 12 heteroatoms. The zero-order chi connectivity index (χ0) is 26.5. The van der Waals surface area contributed by atoms with Crippen molar-refractivity contribution in [2.24, 2.45) is 17.4 Å². The van der Waals surface area contributed by atoms with E-state index < -0.39 is 60.4 Å². The molecule has 1 aromatic carbocycles. The predicted octanol–water partition coefficient (Wildman–Crippen LogP) is -1.42. The molecule has 0 aliphatic heterocycles. The van der Waals surface area contributed by atoms with Crippen molar-refractivity contribution in [1.29, 1.82) is 0 Å². The molecule has 0 aliphatic carbocycles. The summed E-state index contributed by atoms with van der Waals surface area (Å²) in [6.45, 7) is 2.83. The number of phenolic OH excluding ortho intramolecular Hbond substituents is 1. The number of nitrogens with one attached hydrogen (secondary N) is 3. The third-order valence-electron chi connectivity index (χ3n) is 5.35. The molecule has 0 saturated carbocycles. The van der Waals surface area contributed by atoms with E-state index >= 15 is 0 Å². The van der Waals surface area contributed by atoms with Gasteiger partial charge in [0.25, 0.3) is 0 Å². The summed E-state index contributed by atoms with van der Waals surface area (Å²) >= 11 is 0. The Morgan fingerprint density at radius 2 is 1.49 bits per heavy atom. The van der Waals surface area contributed by atoms with Gasteiger partial charge in [-0.1, -0.05) is 26.0 Å². The van der Waals surface area contributed by atoms with Crippen molar-refractivity contribution in [2.75, 3.05) is 13.2 Å². The second-order valence-electron chi connectivity index (χ2n) is 8.63. The molecule has 0 heterocycles. The Balaban J connectivity index is 2.86. The van der Waals surface area contributed by atoms with E-state index in [4.69, 9.17) is 11.5 Å². The number of carbonyl (C=O) groups excluding carboxylic acids is 3. The van der Waals surface area contributed by atoms with Crippen LogP contribution in [-0.2, 0) is 25.6 Å². The van der Waals surface area contributed by atoms with Crippen molar-refractivity contribution in [3.8, 4) is 5.75 Å². The first kappa shape index (κ1) is 29.8. The second-order valence-corrected chi connectivity index (χ2v) is 8.63. The fourth-order valence-electron chi connectivity index (χ4n) is 3.25. The summed E-state index contributed by atoms with van der Waals surface area (Å²) in [4.78, 5) is 49.4. The van der Waals surface area contributed by atoms with Crippen LogP contribution in [-0.4, -0.2) is 76.3 Å². The lowest BCUT2D eigenvalue weighted by Gasteiger charge is -2.25. The highest BCUT2D eigenvalue weighted by Crippen LogP contribution is 2.11. The molecule has 12 nitrogen and oxygen atoms in total. The third kappa shape index (κ3) is 10.3. The summed E-state index contributed by atoms with van der Waals surface area (Å²) in [6, 6.07) is 1.54. The molecule has 196 valence electrons. The van der Waals surface area contributed by atoms with Gasteiger partial charge in [-0.25, -0.2) is 4.79 Å². The number of amides is 3. The van der Waals surface area contributed by atoms with E-state index in [-0.39, 0.29) is 18.6 Å². The van der Waals surface area contributed by atoms with Crippen LogP contribution in [0.2, 0.25) is 0 Å². The van der Waals surface area contributed by atoms with Crippen LogP contribution in [0.1, 0.15) is 38.7 Å². The van der Waals surface area contributed by atoms with Crippen molar-refractivity contribution in [1.82, 2.24) is 16.0 Å². The van der Waals surface area contributed by atoms with Gasteiger partial charge in [-0.05, 0) is 55.8 Å². The Hall–Kier alpha value is -3.22. The van der Waals surface area contributed by atoms with Gasteiger partial charge < -0.3 is 42.7 Å². The number of aliphatic hydroxyl groups is 1. The highest BCUT2D eigenvalue weighted by molar-refractivity contribution is 5.94. The highest BCUT2D eigenvalue weighted by atomic mass is 16.4. The highest BCUT2D eigenvalue weighted by Gasteiger charge is 2.30. The first-order chi connectivity index (χ1) is 16.5. The van der Waals surface area contributed by atoms with Gasteiger partial charge in [-0.15, -0.1) is 0 Å². The van der Waals surface area contributed by atoms with Gasteiger partial charge in [-0.3, -0.25) is 14.4 Å². The van der Waals surface area contributed by atoms with Crippen LogP contribution in [0.15, 0.2) is 24.3 Å². The average molecular weight is 496 g/mol. The minimum atomic E-state index is -1.41. The molecule has 1 aromatic rings. The standard InChI is InChI=1S/C23H37N5O7/c1-13(2)19(23(34)35)28-22(33)18(12-29)27-21(32)17(5-3-4-10-24)26-20(31)16(25)11-14-6-8-15(30)9-7-14/h6-9,13,16-19,29-30H,3-5,10-12,24-25H2,1-2H3,(H,26,31)(H,27,32)(H,28,33)(H,34,35). The first-order valence-corrected chi connectivity index (χ1v) is 11.5. The van der Waals surface area contributed by atoms with Crippen molar-refractivity contribution in [3.63, 3.8) is 0 Å². The van der Waals surface area contributed by atoms with E-state index in [2.05, 4.69) is 16.0 Å². The van der Waals surface area contributed by atoms with E-state index in [1.807, 2.05) is 0 Å². The minimum absolute atomic E-state index is 0.0777. The number of benzene rings is 1. The van der Waals surface area contributed by atoms with Crippen LogP contribution >= 0.6 is 0 Å². The molecule has 0 fully saturated rings. The SMILES string of the molecule is CC(C)C(NC(=O)C(CO)NC(=O)C(CCCCN)NC(=O)C(N)Cc1ccc(O)cc1)C(=O)O. The predicted molar refractivity (Wildman–Crippen MR) is 128 cm³/mol. The number of carboxylic acid groups (broad SMARTS) is 1. The fraction of sp³-hybridized carbons (Fsp3) is 0.565. The number of aliphatic carboxylic acids is 1. The number of unbranched alkanes of at least 4 members (excludes halogenated alkanes) is 1. The van der Waals surface area contributed by atoms with Gasteiger partial charge in [0.15, 0.2) is 0 Å². The Kier molecular flexibility index (Phi) is 12.7. The van der Waals surface area contributed by atoms with Crippen LogP contribution in [0.5, 0.6) is 5.75 Å².